The molecule has 0 spiro atoms. The second-order valence-electron chi connectivity index (χ2n) is 7.12. The summed E-state index contributed by atoms with van der Waals surface area (Å²) in [6.45, 7) is 1.50. The molecular formula is C19H17N5O4. The zero-order valence-corrected chi connectivity index (χ0v) is 14.7. The van der Waals surface area contributed by atoms with Gasteiger partial charge in [0.2, 0.25) is 5.95 Å². The first kappa shape index (κ1) is 16.7. The molecule has 2 atom stereocenters. The molecule has 2 amide bonds. The lowest BCUT2D eigenvalue weighted by molar-refractivity contribution is 0.0705. The molecule has 3 N–H and O–H groups in total. The number of carbonyl (C=O) groups is 2. The van der Waals surface area contributed by atoms with Crippen molar-refractivity contribution in [2.24, 2.45) is 11.8 Å². The topological polar surface area (TPSA) is 121 Å². The Morgan fingerprint density at radius 3 is 2.54 bits per heavy atom. The number of hydrogen-bond donors (Lipinski definition) is 3. The molecule has 9 heteroatoms. The van der Waals surface area contributed by atoms with Crippen LogP contribution >= 0.6 is 0 Å². The minimum atomic E-state index is -0.646. The molecule has 2 aromatic heterocycles. The molecule has 2 unspecified atom stereocenters. The largest absolute Gasteiger partial charge is 0.464 e. The SMILES string of the molecule is O=C(NO)c1cnc(N2CC3C(C2)C3NC(=O)c2ccc3occc3c2)nc1. The van der Waals surface area contributed by atoms with Gasteiger partial charge in [-0.1, -0.05) is 0 Å². The fraction of sp³-hybridized carbons (Fsp3) is 0.263. The lowest BCUT2D eigenvalue weighted by atomic mass is 10.1. The number of hydrogen-bond acceptors (Lipinski definition) is 7. The Labute approximate surface area is 159 Å². The van der Waals surface area contributed by atoms with Crippen LogP contribution in [0.25, 0.3) is 11.0 Å². The third-order valence-corrected chi connectivity index (χ3v) is 5.49. The Kier molecular flexibility index (Phi) is 3.76. The molecule has 1 saturated carbocycles. The van der Waals surface area contributed by atoms with E-state index in [9.17, 15) is 9.59 Å². The summed E-state index contributed by atoms with van der Waals surface area (Å²) in [4.78, 5) is 34.3. The maximum absolute atomic E-state index is 12.5. The second-order valence-corrected chi connectivity index (χ2v) is 7.12. The first-order valence-electron chi connectivity index (χ1n) is 8.93. The monoisotopic (exact) mass is 379 g/mol. The van der Waals surface area contributed by atoms with Gasteiger partial charge in [0.1, 0.15) is 5.58 Å². The Morgan fingerprint density at radius 2 is 1.82 bits per heavy atom. The van der Waals surface area contributed by atoms with Gasteiger partial charge in [-0.15, -0.1) is 0 Å². The highest BCUT2D eigenvalue weighted by Crippen LogP contribution is 2.46. The van der Waals surface area contributed by atoms with Crippen molar-refractivity contribution in [2.75, 3.05) is 18.0 Å². The van der Waals surface area contributed by atoms with E-state index in [1.807, 2.05) is 17.0 Å². The Bertz CT molecular complexity index is 1050. The molecule has 2 fully saturated rings. The van der Waals surface area contributed by atoms with Crippen molar-refractivity contribution in [2.45, 2.75) is 6.04 Å². The van der Waals surface area contributed by atoms with E-state index < -0.39 is 5.91 Å². The third-order valence-electron chi connectivity index (χ3n) is 5.49. The van der Waals surface area contributed by atoms with Crippen LogP contribution in [0.1, 0.15) is 20.7 Å². The van der Waals surface area contributed by atoms with Crippen LogP contribution < -0.4 is 15.7 Å². The van der Waals surface area contributed by atoms with Crippen LogP contribution in [-0.4, -0.2) is 46.1 Å². The first-order valence-corrected chi connectivity index (χ1v) is 8.93. The van der Waals surface area contributed by atoms with E-state index in [1.54, 1.807) is 23.9 Å². The quantitative estimate of drug-likeness (QED) is 0.460. The molecule has 3 heterocycles. The molecule has 0 radical (unpaired) electrons. The van der Waals surface area contributed by atoms with E-state index in [2.05, 4.69) is 15.3 Å². The van der Waals surface area contributed by atoms with Crippen molar-refractivity contribution < 1.29 is 19.2 Å². The molecule has 28 heavy (non-hydrogen) atoms. The highest BCUT2D eigenvalue weighted by Gasteiger charge is 2.57. The number of nitrogens with zero attached hydrogens (tertiary/aromatic N) is 3. The van der Waals surface area contributed by atoms with Gasteiger partial charge in [0.15, 0.2) is 0 Å². The van der Waals surface area contributed by atoms with E-state index >= 15 is 0 Å². The van der Waals surface area contributed by atoms with Gasteiger partial charge in [-0.2, -0.15) is 0 Å². The Morgan fingerprint density at radius 1 is 1.07 bits per heavy atom. The van der Waals surface area contributed by atoms with Crippen LogP contribution in [0, 0.1) is 11.8 Å². The summed E-state index contributed by atoms with van der Waals surface area (Å²) in [6, 6.07) is 7.40. The van der Waals surface area contributed by atoms with Crippen LogP contribution in [0.15, 0.2) is 47.3 Å². The van der Waals surface area contributed by atoms with Gasteiger partial charge in [0, 0.05) is 54.3 Å². The summed E-state index contributed by atoms with van der Waals surface area (Å²) in [7, 11) is 0. The number of benzene rings is 1. The van der Waals surface area contributed by atoms with E-state index in [4.69, 9.17) is 9.62 Å². The van der Waals surface area contributed by atoms with Gasteiger partial charge in [-0.3, -0.25) is 14.8 Å². The highest BCUT2D eigenvalue weighted by atomic mass is 16.5. The fourth-order valence-electron chi connectivity index (χ4n) is 3.91. The van der Waals surface area contributed by atoms with Crippen molar-refractivity contribution in [3.63, 3.8) is 0 Å². The molecule has 3 aromatic rings. The van der Waals surface area contributed by atoms with Gasteiger partial charge in [-0.05, 0) is 24.3 Å². The maximum atomic E-state index is 12.5. The number of piperidine rings is 1. The predicted octanol–water partition coefficient (Wildman–Crippen LogP) is 1.21. The molecule has 1 saturated heterocycles. The van der Waals surface area contributed by atoms with Gasteiger partial charge < -0.3 is 14.6 Å². The van der Waals surface area contributed by atoms with Crippen molar-refractivity contribution in [1.82, 2.24) is 20.8 Å². The van der Waals surface area contributed by atoms with Crippen LogP contribution in [-0.2, 0) is 0 Å². The first-order chi connectivity index (χ1) is 13.6. The number of rotatable bonds is 4. The molecule has 2 aliphatic rings. The summed E-state index contributed by atoms with van der Waals surface area (Å²) in [5.74, 6) is 0.547. The number of aromatic nitrogens is 2. The summed E-state index contributed by atoms with van der Waals surface area (Å²) in [5, 5.41) is 12.7. The van der Waals surface area contributed by atoms with Crippen molar-refractivity contribution >= 4 is 28.7 Å². The van der Waals surface area contributed by atoms with E-state index in [0.717, 1.165) is 24.1 Å². The standard InChI is InChI=1S/C19H17N5O4/c25-17(11-1-2-15-10(5-11)3-4-28-15)22-16-13-8-24(9-14(13)16)19-20-6-12(7-21-19)18(26)23-27/h1-7,13-14,16,27H,8-9H2,(H,22,25)(H,23,26). The number of furan rings is 1. The van der Waals surface area contributed by atoms with E-state index in [1.165, 1.54) is 12.4 Å². The smallest absolute Gasteiger partial charge is 0.277 e. The third kappa shape index (κ3) is 2.76. The Balaban J connectivity index is 1.19. The zero-order chi connectivity index (χ0) is 19.3. The van der Waals surface area contributed by atoms with Crippen LogP contribution in [0.2, 0.25) is 0 Å². The fourth-order valence-corrected chi connectivity index (χ4v) is 3.91. The molecule has 9 nitrogen and oxygen atoms in total. The highest BCUT2D eigenvalue weighted by molar-refractivity contribution is 5.98. The number of hydroxylamine groups is 1. The molecule has 1 aliphatic carbocycles. The summed E-state index contributed by atoms with van der Waals surface area (Å²) < 4.78 is 5.30. The van der Waals surface area contributed by atoms with Crippen molar-refractivity contribution in [3.05, 3.63) is 54.0 Å². The average Bonchev–Trinajstić information content (AvgIpc) is 3.12. The molecular weight excluding hydrogens is 362 g/mol. The number of carbonyl (C=O) groups excluding carboxylic acids is 2. The molecule has 1 aromatic carbocycles. The van der Waals surface area contributed by atoms with Crippen LogP contribution in [0.4, 0.5) is 5.95 Å². The second kappa shape index (κ2) is 6.31. The van der Waals surface area contributed by atoms with Crippen molar-refractivity contribution in [3.8, 4) is 0 Å². The van der Waals surface area contributed by atoms with E-state index in [-0.39, 0.29) is 17.5 Å². The van der Waals surface area contributed by atoms with Crippen LogP contribution in [0.5, 0.6) is 0 Å². The molecule has 5 rings (SSSR count). The van der Waals surface area contributed by atoms with Crippen molar-refractivity contribution in [1.29, 1.82) is 0 Å². The predicted molar refractivity (Wildman–Crippen MR) is 97.9 cm³/mol. The van der Waals surface area contributed by atoms with Crippen LogP contribution in [0.3, 0.4) is 0 Å². The van der Waals surface area contributed by atoms with E-state index in [0.29, 0.717) is 23.3 Å². The summed E-state index contributed by atoms with van der Waals surface area (Å²) in [6.07, 6.45) is 4.36. The van der Waals surface area contributed by atoms with Gasteiger partial charge >= 0.3 is 0 Å². The zero-order valence-electron chi connectivity index (χ0n) is 14.7. The minimum Gasteiger partial charge on any atom is -0.464 e. The number of fused-ring (bicyclic) bond motifs is 2. The summed E-state index contributed by atoms with van der Waals surface area (Å²) in [5.41, 5.74) is 3.13. The van der Waals surface area contributed by atoms with Gasteiger partial charge in [0.25, 0.3) is 11.8 Å². The normalized spacial score (nSPS) is 22.8. The average molecular weight is 379 g/mol. The number of amides is 2. The molecule has 1 aliphatic heterocycles. The minimum absolute atomic E-state index is 0.0790. The lowest BCUT2D eigenvalue weighted by Gasteiger charge is -2.20. The molecule has 0 bridgehead atoms. The number of nitrogens with one attached hydrogen (secondary N) is 2. The van der Waals surface area contributed by atoms with Gasteiger partial charge in [-0.25, -0.2) is 15.4 Å². The lowest BCUT2D eigenvalue weighted by Crippen LogP contribution is -2.35. The van der Waals surface area contributed by atoms with Gasteiger partial charge in [0.05, 0.1) is 11.8 Å². The molecule has 142 valence electrons. The number of anilines is 1. The summed E-state index contributed by atoms with van der Waals surface area (Å²) >= 11 is 0. The maximum Gasteiger partial charge on any atom is 0.277 e. The Hall–Kier alpha value is -3.46.